The average Bonchev–Trinajstić information content (AvgIpc) is 2.88. The molecule has 4 heteroatoms. The van der Waals surface area contributed by atoms with Crippen LogP contribution in [0, 0.1) is 5.41 Å². The zero-order valence-corrected chi connectivity index (χ0v) is 14.2. The third kappa shape index (κ3) is 5.20. The summed E-state index contributed by atoms with van der Waals surface area (Å²) < 4.78 is 5.75. The first-order valence-electron chi connectivity index (χ1n) is 8.62. The Morgan fingerprint density at radius 1 is 1.33 bits per heavy atom. The van der Waals surface area contributed by atoms with Crippen LogP contribution in [-0.4, -0.2) is 61.0 Å². The van der Waals surface area contributed by atoms with Gasteiger partial charge in [-0.3, -0.25) is 4.90 Å². The summed E-state index contributed by atoms with van der Waals surface area (Å²) in [6.07, 6.45) is 5.92. The molecule has 0 aromatic carbocycles. The van der Waals surface area contributed by atoms with Gasteiger partial charge in [-0.25, -0.2) is 0 Å². The number of ether oxygens (including phenoxy) is 1. The van der Waals surface area contributed by atoms with Gasteiger partial charge in [0.05, 0.1) is 6.61 Å². The molecule has 0 aromatic rings. The molecular formula is C17H34N2O2. The Balaban J connectivity index is 1.97. The van der Waals surface area contributed by atoms with E-state index in [1.165, 1.54) is 25.8 Å². The largest absolute Gasteiger partial charge is 0.396 e. The molecule has 2 saturated heterocycles. The number of nitrogens with zero attached hydrogens (tertiary/aromatic N) is 1. The number of aliphatic hydroxyl groups excluding tert-OH is 1. The second kappa shape index (κ2) is 7.40. The first-order valence-corrected chi connectivity index (χ1v) is 8.62. The first kappa shape index (κ1) is 17.2. The molecule has 0 spiro atoms. The van der Waals surface area contributed by atoms with Crippen LogP contribution >= 0.6 is 0 Å². The lowest BCUT2D eigenvalue weighted by atomic mass is 9.84. The molecule has 0 saturated carbocycles. The molecule has 0 amide bonds. The van der Waals surface area contributed by atoms with Gasteiger partial charge >= 0.3 is 0 Å². The number of rotatable bonds is 6. The molecule has 2 fully saturated rings. The summed E-state index contributed by atoms with van der Waals surface area (Å²) in [5.74, 6) is 0. The topological polar surface area (TPSA) is 44.7 Å². The zero-order valence-electron chi connectivity index (χ0n) is 14.2. The molecule has 2 rings (SSSR count). The van der Waals surface area contributed by atoms with E-state index in [2.05, 4.69) is 31.0 Å². The minimum Gasteiger partial charge on any atom is -0.396 e. The molecule has 0 bridgehead atoms. The lowest BCUT2D eigenvalue weighted by molar-refractivity contribution is 0.0523. The molecule has 2 aliphatic rings. The Kier molecular flexibility index (Phi) is 6.06. The van der Waals surface area contributed by atoms with E-state index in [9.17, 15) is 5.11 Å². The monoisotopic (exact) mass is 298 g/mol. The van der Waals surface area contributed by atoms with Crippen LogP contribution in [0.4, 0.5) is 0 Å². The molecule has 21 heavy (non-hydrogen) atoms. The Morgan fingerprint density at radius 3 is 2.76 bits per heavy atom. The van der Waals surface area contributed by atoms with Gasteiger partial charge in [-0.1, -0.05) is 6.42 Å². The predicted molar refractivity (Wildman–Crippen MR) is 86.5 cm³/mol. The van der Waals surface area contributed by atoms with Gasteiger partial charge in [0.2, 0.25) is 0 Å². The summed E-state index contributed by atoms with van der Waals surface area (Å²) in [6.45, 7) is 12.1. The highest BCUT2D eigenvalue weighted by Crippen LogP contribution is 2.32. The molecule has 2 heterocycles. The van der Waals surface area contributed by atoms with Gasteiger partial charge in [0.1, 0.15) is 0 Å². The van der Waals surface area contributed by atoms with Crippen molar-refractivity contribution < 1.29 is 9.84 Å². The Morgan fingerprint density at radius 2 is 2.14 bits per heavy atom. The van der Waals surface area contributed by atoms with Crippen molar-refractivity contribution in [3.63, 3.8) is 0 Å². The van der Waals surface area contributed by atoms with Gasteiger partial charge in [-0.05, 0) is 53.0 Å². The molecule has 2 aliphatic heterocycles. The SMILES string of the molecule is CC(C)(C)NCC1(CN2CCCCC2CCO)CCOC1. The highest BCUT2D eigenvalue weighted by atomic mass is 16.5. The molecule has 124 valence electrons. The van der Waals surface area contributed by atoms with Crippen molar-refractivity contribution in [3.05, 3.63) is 0 Å². The van der Waals surface area contributed by atoms with Gasteiger partial charge in [0, 0.05) is 43.3 Å². The molecule has 0 radical (unpaired) electrons. The van der Waals surface area contributed by atoms with Gasteiger partial charge in [0.15, 0.2) is 0 Å². The van der Waals surface area contributed by atoms with E-state index >= 15 is 0 Å². The summed E-state index contributed by atoms with van der Waals surface area (Å²) >= 11 is 0. The standard InChI is InChI=1S/C17H34N2O2/c1-16(2,3)18-12-17(8-11-21-14-17)13-19-9-5-4-6-15(19)7-10-20/h15,18,20H,4-14H2,1-3H3. The van der Waals surface area contributed by atoms with Crippen molar-refractivity contribution in [1.29, 1.82) is 0 Å². The van der Waals surface area contributed by atoms with Crippen LogP contribution in [0.25, 0.3) is 0 Å². The normalized spacial score (nSPS) is 31.7. The minimum atomic E-state index is 0.155. The smallest absolute Gasteiger partial charge is 0.0547 e. The Hall–Kier alpha value is -0.160. The first-order chi connectivity index (χ1) is 9.94. The molecule has 2 unspecified atom stereocenters. The van der Waals surface area contributed by atoms with E-state index < -0.39 is 0 Å². The molecule has 4 nitrogen and oxygen atoms in total. The second-order valence-electron chi connectivity index (χ2n) is 8.04. The minimum absolute atomic E-state index is 0.155. The van der Waals surface area contributed by atoms with Gasteiger partial charge < -0.3 is 15.2 Å². The van der Waals surface area contributed by atoms with E-state index in [1.807, 2.05) is 0 Å². The summed E-state index contributed by atoms with van der Waals surface area (Å²) in [4.78, 5) is 2.62. The van der Waals surface area contributed by atoms with E-state index in [1.54, 1.807) is 0 Å². The van der Waals surface area contributed by atoms with E-state index in [0.29, 0.717) is 12.6 Å². The second-order valence-corrected chi connectivity index (χ2v) is 8.04. The molecule has 0 aliphatic carbocycles. The van der Waals surface area contributed by atoms with Crippen molar-refractivity contribution >= 4 is 0 Å². The lowest BCUT2D eigenvalue weighted by Crippen LogP contribution is -2.52. The number of hydrogen-bond acceptors (Lipinski definition) is 4. The summed E-state index contributed by atoms with van der Waals surface area (Å²) in [5, 5.41) is 13.0. The average molecular weight is 298 g/mol. The maximum Gasteiger partial charge on any atom is 0.0547 e. The van der Waals surface area contributed by atoms with Crippen LogP contribution in [0.5, 0.6) is 0 Å². The summed E-state index contributed by atoms with van der Waals surface area (Å²) in [5.41, 5.74) is 0.403. The van der Waals surface area contributed by atoms with E-state index in [-0.39, 0.29) is 11.0 Å². The fraction of sp³-hybridized carbons (Fsp3) is 1.00. The van der Waals surface area contributed by atoms with Crippen LogP contribution in [-0.2, 0) is 4.74 Å². The fourth-order valence-corrected chi connectivity index (χ4v) is 3.60. The lowest BCUT2D eigenvalue weighted by Gasteiger charge is -2.42. The van der Waals surface area contributed by atoms with Gasteiger partial charge in [-0.15, -0.1) is 0 Å². The van der Waals surface area contributed by atoms with Crippen LogP contribution in [0.1, 0.15) is 52.9 Å². The molecule has 2 atom stereocenters. The third-order valence-electron chi connectivity index (χ3n) is 4.93. The van der Waals surface area contributed by atoms with Crippen molar-refractivity contribution in [2.45, 2.75) is 64.5 Å². The highest BCUT2D eigenvalue weighted by Gasteiger charge is 2.39. The number of aliphatic hydroxyl groups is 1. The van der Waals surface area contributed by atoms with Crippen LogP contribution in [0.3, 0.4) is 0 Å². The molecular weight excluding hydrogens is 264 g/mol. The van der Waals surface area contributed by atoms with Crippen molar-refractivity contribution in [2.24, 2.45) is 5.41 Å². The molecule has 2 N–H and O–H groups in total. The Labute approximate surface area is 130 Å². The number of likely N-dealkylation sites (tertiary alicyclic amines) is 1. The number of hydrogen-bond donors (Lipinski definition) is 2. The van der Waals surface area contributed by atoms with Gasteiger partial charge in [0.25, 0.3) is 0 Å². The quantitative estimate of drug-likeness (QED) is 0.787. The van der Waals surface area contributed by atoms with Gasteiger partial charge in [-0.2, -0.15) is 0 Å². The summed E-state index contributed by atoms with van der Waals surface area (Å²) in [7, 11) is 0. The summed E-state index contributed by atoms with van der Waals surface area (Å²) in [6, 6.07) is 0.566. The molecule has 0 aromatic heterocycles. The number of nitrogens with one attached hydrogen (secondary N) is 1. The predicted octanol–water partition coefficient (Wildman–Crippen LogP) is 2.02. The number of piperidine rings is 1. The van der Waals surface area contributed by atoms with Crippen LogP contribution < -0.4 is 5.32 Å². The van der Waals surface area contributed by atoms with Crippen molar-refractivity contribution in [1.82, 2.24) is 10.2 Å². The Bertz CT molecular complexity index is 306. The maximum absolute atomic E-state index is 9.31. The highest BCUT2D eigenvalue weighted by molar-refractivity contribution is 4.92. The fourth-order valence-electron chi connectivity index (χ4n) is 3.60. The van der Waals surface area contributed by atoms with Crippen LogP contribution in [0.15, 0.2) is 0 Å². The van der Waals surface area contributed by atoms with Crippen LogP contribution in [0.2, 0.25) is 0 Å². The van der Waals surface area contributed by atoms with Crippen molar-refractivity contribution in [2.75, 3.05) is 39.5 Å². The maximum atomic E-state index is 9.31. The zero-order chi connectivity index (χ0) is 15.3. The third-order valence-corrected chi connectivity index (χ3v) is 4.93. The van der Waals surface area contributed by atoms with E-state index in [0.717, 1.165) is 39.1 Å². The van der Waals surface area contributed by atoms with E-state index in [4.69, 9.17) is 4.74 Å². The van der Waals surface area contributed by atoms with Crippen molar-refractivity contribution in [3.8, 4) is 0 Å².